The molecule has 2 unspecified atom stereocenters. The summed E-state index contributed by atoms with van der Waals surface area (Å²) in [7, 11) is 3.23. The number of carboxylic acids is 1. The summed E-state index contributed by atoms with van der Waals surface area (Å²) in [5.41, 5.74) is 1.81. The molecule has 0 saturated carbocycles. The lowest BCUT2D eigenvalue weighted by Gasteiger charge is -2.24. The van der Waals surface area contributed by atoms with Crippen molar-refractivity contribution >= 4 is 17.8 Å². The van der Waals surface area contributed by atoms with E-state index in [1.807, 2.05) is 48.5 Å². The fraction of sp³-hybridized carbons (Fsp3) is 0.318. The Morgan fingerprint density at radius 2 is 1.38 bits per heavy atom. The number of nitrogens with zero attached hydrogens (tertiary/aromatic N) is 1. The number of carboxylic acid groups (broad SMARTS) is 1. The van der Waals surface area contributed by atoms with Crippen molar-refractivity contribution in [2.24, 2.45) is 0 Å². The molecule has 0 aliphatic carbocycles. The van der Waals surface area contributed by atoms with Gasteiger partial charge in [0.2, 0.25) is 11.8 Å². The highest BCUT2D eigenvalue weighted by Gasteiger charge is 2.25. The summed E-state index contributed by atoms with van der Waals surface area (Å²) in [6.45, 7) is -0.218. The van der Waals surface area contributed by atoms with Gasteiger partial charge in [0.1, 0.15) is 6.04 Å². The first-order chi connectivity index (χ1) is 13.9. The molecule has 0 fully saturated rings. The van der Waals surface area contributed by atoms with Crippen molar-refractivity contribution < 1.29 is 19.5 Å². The summed E-state index contributed by atoms with van der Waals surface area (Å²) in [4.78, 5) is 37.9. The zero-order chi connectivity index (χ0) is 21.2. The second-order valence-corrected chi connectivity index (χ2v) is 6.87. The average Bonchev–Trinajstić information content (AvgIpc) is 2.72. The number of amides is 2. The van der Waals surface area contributed by atoms with Gasteiger partial charge in [-0.25, -0.2) is 4.79 Å². The van der Waals surface area contributed by atoms with E-state index in [4.69, 9.17) is 0 Å². The van der Waals surface area contributed by atoms with Crippen LogP contribution in [0.1, 0.15) is 11.1 Å². The number of hydrogen-bond acceptors (Lipinski definition) is 4. The summed E-state index contributed by atoms with van der Waals surface area (Å²) < 4.78 is 0. The maximum absolute atomic E-state index is 12.7. The molecule has 0 aromatic heterocycles. The van der Waals surface area contributed by atoms with Gasteiger partial charge < -0.3 is 20.6 Å². The topological polar surface area (TPSA) is 98.7 Å². The highest BCUT2D eigenvalue weighted by atomic mass is 16.4. The lowest BCUT2D eigenvalue weighted by atomic mass is 10.0. The van der Waals surface area contributed by atoms with Gasteiger partial charge in [-0.05, 0) is 24.6 Å². The number of rotatable bonds is 10. The van der Waals surface area contributed by atoms with E-state index >= 15 is 0 Å². The maximum atomic E-state index is 12.7. The van der Waals surface area contributed by atoms with Gasteiger partial charge in [-0.15, -0.1) is 0 Å². The van der Waals surface area contributed by atoms with Gasteiger partial charge in [-0.2, -0.15) is 0 Å². The molecule has 0 saturated heterocycles. The number of nitrogens with one attached hydrogen (secondary N) is 2. The van der Waals surface area contributed by atoms with E-state index in [-0.39, 0.29) is 18.9 Å². The van der Waals surface area contributed by atoms with Crippen molar-refractivity contribution in [1.29, 1.82) is 0 Å². The molecule has 0 heterocycles. The van der Waals surface area contributed by atoms with Crippen LogP contribution < -0.4 is 10.6 Å². The lowest BCUT2D eigenvalue weighted by molar-refractivity contribution is -0.142. The Balaban J connectivity index is 1.93. The van der Waals surface area contributed by atoms with Crippen LogP contribution in [0.3, 0.4) is 0 Å². The van der Waals surface area contributed by atoms with E-state index in [1.54, 1.807) is 19.2 Å². The predicted molar refractivity (Wildman–Crippen MR) is 110 cm³/mol. The molecule has 2 atom stereocenters. The van der Waals surface area contributed by atoms with Gasteiger partial charge in [0, 0.05) is 13.5 Å². The van der Waals surface area contributed by atoms with E-state index in [0.717, 1.165) is 11.1 Å². The second kappa shape index (κ2) is 11.0. The maximum Gasteiger partial charge on any atom is 0.326 e. The van der Waals surface area contributed by atoms with Crippen LogP contribution in [0.4, 0.5) is 0 Å². The predicted octanol–water partition coefficient (Wildman–Crippen LogP) is 1.09. The van der Waals surface area contributed by atoms with Crippen molar-refractivity contribution in [2.75, 3.05) is 20.6 Å². The van der Waals surface area contributed by atoms with Crippen molar-refractivity contribution in [2.45, 2.75) is 24.9 Å². The third kappa shape index (κ3) is 7.04. The van der Waals surface area contributed by atoms with E-state index in [9.17, 15) is 19.5 Å². The Labute approximate surface area is 170 Å². The van der Waals surface area contributed by atoms with Crippen LogP contribution in [0.2, 0.25) is 0 Å². The zero-order valence-corrected chi connectivity index (χ0v) is 16.7. The molecule has 2 aromatic rings. The largest absolute Gasteiger partial charge is 0.480 e. The Morgan fingerprint density at radius 1 is 0.897 bits per heavy atom. The third-order valence-electron chi connectivity index (χ3n) is 4.60. The van der Waals surface area contributed by atoms with Gasteiger partial charge >= 0.3 is 5.97 Å². The van der Waals surface area contributed by atoms with Crippen molar-refractivity contribution in [1.82, 2.24) is 15.5 Å². The molecule has 29 heavy (non-hydrogen) atoms. The van der Waals surface area contributed by atoms with Gasteiger partial charge in [0.05, 0.1) is 12.6 Å². The summed E-state index contributed by atoms with van der Waals surface area (Å²) in [6, 6.07) is 17.1. The van der Waals surface area contributed by atoms with Gasteiger partial charge in [-0.1, -0.05) is 60.7 Å². The minimum absolute atomic E-state index is 0.173. The van der Waals surface area contributed by atoms with Gasteiger partial charge in [0.15, 0.2) is 0 Å². The highest BCUT2D eigenvalue weighted by Crippen LogP contribution is 2.06. The van der Waals surface area contributed by atoms with Crippen LogP contribution in [-0.2, 0) is 27.2 Å². The van der Waals surface area contributed by atoms with Crippen molar-refractivity contribution in [3.63, 3.8) is 0 Å². The number of benzene rings is 2. The van der Waals surface area contributed by atoms with Crippen LogP contribution in [0.15, 0.2) is 60.7 Å². The third-order valence-corrected chi connectivity index (χ3v) is 4.60. The van der Waals surface area contributed by atoms with E-state index in [0.29, 0.717) is 6.42 Å². The number of likely N-dealkylation sites (N-methyl/N-ethyl adjacent to an activating group) is 2. The fourth-order valence-electron chi connectivity index (χ4n) is 3.01. The van der Waals surface area contributed by atoms with Crippen LogP contribution >= 0.6 is 0 Å². The standard InChI is InChI=1S/C22H27N3O4/c1-23-18(13-16-9-5-3-6-10-16)21(27)25(2)15-20(26)24-19(22(28)29)14-17-11-7-4-8-12-17/h3-12,18-19,23H,13-15H2,1-2H3,(H,24,26)(H,28,29). The molecular formula is C22H27N3O4. The van der Waals surface area contributed by atoms with Gasteiger partial charge in [0.25, 0.3) is 0 Å². The normalized spacial score (nSPS) is 12.6. The van der Waals surface area contributed by atoms with Crippen LogP contribution in [-0.4, -0.2) is 60.5 Å². The molecule has 0 aliphatic rings. The monoisotopic (exact) mass is 397 g/mol. The molecule has 154 valence electrons. The first kappa shape index (κ1) is 22.1. The first-order valence-corrected chi connectivity index (χ1v) is 9.43. The van der Waals surface area contributed by atoms with Crippen molar-refractivity contribution in [3.05, 3.63) is 71.8 Å². The number of aliphatic carboxylic acids is 1. The molecule has 7 heteroatoms. The first-order valence-electron chi connectivity index (χ1n) is 9.43. The van der Waals surface area contributed by atoms with Crippen LogP contribution in [0.25, 0.3) is 0 Å². The second-order valence-electron chi connectivity index (χ2n) is 6.87. The van der Waals surface area contributed by atoms with Gasteiger partial charge in [-0.3, -0.25) is 9.59 Å². The number of carbonyl (C=O) groups is 3. The molecular weight excluding hydrogens is 370 g/mol. The SMILES string of the molecule is CNC(Cc1ccccc1)C(=O)N(C)CC(=O)NC(Cc1ccccc1)C(=O)O. The Bertz CT molecular complexity index is 811. The Morgan fingerprint density at radius 3 is 1.83 bits per heavy atom. The van der Waals surface area contributed by atoms with E-state index < -0.39 is 24.0 Å². The molecule has 0 aliphatic heterocycles. The number of hydrogen-bond donors (Lipinski definition) is 3. The molecule has 7 nitrogen and oxygen atoms in total. The van der Waals surface area contributed by atoms with E-state index in [1.165, 1.54) is 11.9 Å². The minimum Gasteiger partial charge on any atom is -0.480 e. The average molecular weight is 397 g/mol. The summed E-state index contributed by atoms with van der Waals surface area (Å²) in [6.07, 6.45) is 0.667. The van der Waals surface area contributed by atoms with Crippen LogP contribution in [0.5, 0.6) is 0 Å². The summed E-state index contributed by atoms with van der Waals surface area (Å²) in [5, 5.41) is 14.9. The van der Waals surface area contributed by atoms with Crippen LogP contribution in [0, 0.1) is 0 Å². The molecule has 2 aromatic carbocycles. The number of carbonyl (C=O) groups excluding carboxylic acids is 2. The zero-order valence-electron chi connectivity index (χ0n) is 16.7. The Kier molecular flexibility index (Phi) is 8.36. The molecule has 3 N–H and O–H groups in total. The molecule has 0 radical (unpaired) electrons. The van der Waals surface area contributed by atoms with E-state index in [2.05, 4.69) is 10.6 Å². The molecule has 2 amide bonds. The summed E-state index contributed by atoms with van der Waals surface area (Å²) in [5.74, 6) is -1.87. The quantitative estimate of drug-likeness (QED) is 0.557. The fourth-order valence-corrected chi connectivity index (χ4v) is 3.01. The molecule has 2 rings (SSSR count). The summed E-state index contributed by atoms with van der Waals surface area (Å²) >= 11 is 0. The highest BCUT2D eigenvalue weighted by molar-refractivity contribution is 5.89. The lowest BCUT2D eigenvalue weighted by Crippen LogP contribution is -2.50. The Hall–Kier alpha value is -3.19. The van der Waals surface area contributed by atoms with Crippen molar-refractivity contribution in [3.8, 4) is 0 Å². The minimum atomic E-state index is -1.12. The molecule has 0 spiro atoms. The smallest absolute Gasteiger partial charge is 0.326 e. The molecule has 0 bridgehead atoms.